The average Bonchev–Trinajstić information content (AvgIpc) is 3.17. The minimum atomic E-state index is -4.61. The number of ether oxygens (including phenoxy) is 1. The minimum Gasteiger partial charge on any atom is -0.378 e. The standard InChI is InChI=1S/C27H31F3N4O2/c1-6-34-25(20-13-12-18(33(4)5)15-21(20)27(28,29)30)31-16(3)23(26(34)35)32-24-19-11-9-8-10-17(19)14-22(24)36-7-2/h8-13,15,22,24,32H,6-7,14H2,1-5H3/t22-,24+/m0/s1. The smallest absolute Gasteiger partial charge is 0.378 e. The summed E-state index contributed by atoms with van der Waals surface area (Å²) in [5.41, 5.74) is 1.83. The molecule has 192 valence electrons. The van der Waals surface area contributed by atoms with Gasteiger partial charge < -0.3 is 15.0 Å². The molecule has 0 saturated heterocycles. The number of anilines is 2. The Bertz CT molecular complexity index is 1320. The van der Waals surface area contributed by atoms with E-state index in [0.29, 0.717) is 24.4 Å². The summed E-state index contributed by atoms with van der Waals surface area (Å²) in [7, 11) is 3.35. The molecule has 1 heterocycles. The first-order valence-corrected chi connectivity index (χ1v) is 12.0. The van der Waals surface area contributed by atoms with Crippen LogP contribution >= 0.6 is 0 Å². The maximum atomic E-state index is 14.1. The van der Waals surface area contributed by atoms with Gasteiger partial charge in [0.2, 0.25) is 0 Å². The van der Waals surface area contributed by atoms with Crippen molar-refractivity contribution in [2.24, 2.45) is 0 Å². The van der Waals surface area contributed by atoms with E-state index in [-0.39, 0.29) is 35.8 Å². The Balaban J connectivity index is 1.83. The number of hydrogen-bond donors (Lipinski definition) is 1. The molecule has 0 bridgehead atoms. The maximum Gasteiger partial charge on any atom is 0.417 e. The summed E-state index contributed by atoms with van der Waals surface area (Å²) in [5, 5.41) is 3.34. The normalized spacial score (nSPS) is 17.2. The molecular formula is C27H31F3N4O2. The summed E-state index contributed by atoms with van der Waals surface area (Å²) in [6.07, 6.45) is -4.07. The number of benzene rings is 2. The van der Waals surface area contributed by atoms with Gasteiger partial charge in [-0.1, -0.05) is 24.3 Å². The fourth-order valence-corrected chi connectivity index (χ4v) is 4.82. The van der Waals surface area contributed by atoms with Crippen LogP contribution in [0.15, 0.2) is 47.3 Å². The Morgan fingerprint density at radius 3 is 2.53 bits per heavy atom. The highest BCUT2D eigenvalue weighted by molar-refractivity contribution is 5.68. The van der Waals surface area contributed by atoms with Crippen molar-refractivity contribution in [3.8, 4) is 11.4 Å². The van der Waals surface area contributed by atoms with Crippen molar-refractivity contribution in [2.45, 2.75) is 52.1 Å². The van der Waals surface area contributed by atoms with Crippen LogP contribution in [0.1, 0.15) is 42.3 Å². The fourth-order valence-electron chi connectivity index (χ4n) is 4.82. The second-order valence-electron chi connectivity index (χ2n) is 9.09. The number of rotatable bonds is 7. The zero-order valence-corrected chi connectivity index (χ0v) is 21.1. The summed E-state index contributed by atoms with van der Waals surface area (Å²) in [5.74, 6) is -0.00337. The zero-order chi connectivity index (χ0) is 26.2. The van der Waals surface area contributed by atoms with Crippen molar-refractivity contribution >= 4 is 11.4 Å². The average molecular weight is 501 g/mol. The predicted octanol–water partition coefficient (Wildman–Crippen LogP) is 5.44. The van der Waals surface area contributed by atoms with Crippen molar-refractivity contribution in [3.63, 3.8) is 0 Å². The van der Waals surface area contributed by atoms with Crippen molar-refractivity contribution in [1.82, 2.24) is 9.55 Å². The number of aryl methyl sites for hydroxylation is 1. The highest BCUT2D eigenvalue weighted by Crippen LogP contribution is 2.39. The molecule has 0 unspecified atom stereocenters. The van der Waals surface area contributed by atoms with E-state index in [1.807, 2.05) is 31.2 Å². The number of hydrogen-bond acceptors (Lipinski definition) is 5. The number of halogens is 3. The van der Waals surface area contributed by atoms with Gasteiger partial charge in [0, 0.05) is 44.9 Å². The lowest BCUT2D eigenvalue weighted by molar-refractivity contribution is -0.137. The molecule has 6 nitrogen and oxygen atoms in total. The first-order valence-electron chi connectivity index (χ1n) is 12.0. The Kier molecular flexibility index (Phi) is 7.13. The van der Waals surface area contributed by atoms with Crippen LogP contribution in [0.4, 0.5) is 24.5 Å². The minimum absolute atomic E-state index is 0.00337. The maximum absolute atomic E-state index is 14.1. The van der Waals surface area contributed by atoms with E-state index in [2.05, 4.69) is 10.3 Å². The summed E-state index contributed by atoms with van der Waals surface area (Å²) < 4.78 is 49.4. The van der Waals surface area contributed by atoms with Gasteiger partial charge in [-0.05, 0) is 50.1 Å². The van der Waals surface area contributed by atoms with Gasteiger partial charge in [-0.15, -0.1) is 0 Å². The second kappa shape index (κ2) is 9.97. The van der Waals surface area contributed by atoms with E-state index >= 15 is 0 Å². The molecule has 0 radical (unpaired) electrons. The first kappa shape index (κ1) is 25.8. The van der Waals surface area contributed by atoms with Crippen molar-refractivity contribution in [2.75, 3.05) is 30.9 Å². The molecule has 4 rings (SSSR count). The third-order valence-corrected chi connectivity index (χ3v) is 6.60. The fraction of sp³-hybridized carbons (Fsp3) is 0.407. The van der Waals surface area contributed by atoms with Crippen LogP contribution in [0, 0.1) is 6.92 Å². The molecule has 0 saturated carbocycles. The van der Waals surface area contributed by atoms with E-state index in [0.717, 1.165) is 17.2 Å². The Hall–Kier alpha value is -3.33. The monoisotopic (exact) mass is 500 g/mol. The second-order valence-corrected chi connectivity index (χ2v) is 9.09. The van der Waals surface area contributed by atoms with Crippen LogP contribution < -0.4 is 15.8 Å². The topological polar surface area (TPSA) is 59.4 Å². The molecule has 1 aliphatic rings. The molecule has 0 aliphatic heterocycles. The van der Waals surface area contributed by atoms with E-state index in [4.69, 9.17) is 4.74 Å². The summed E-state index contributed by atoms with van der Waals surface area (Å²) in [4.78, 5) is 19.8. The summed E-state index contributed by atoms with van der Waals surface area (Å²) in [6, 6.07) is 11.8. The van der Waals surface area contributed by atoms with Gasteiger partial charge >= 0.3 is 6.18 Å². The van der Waals surface area contributed by atoms with Crippen molar-refractivity contribution in [1.29, 1.82) is 0 Å². The van der Waals surface area contributed by atoms with Crippen molar-refractivity contribution in [3.05, 3.63) is 75.2 Å². The zero-order valence-electron chi connectivity index (χ0n) is 21.1. The summed E-state index contributed by atoms with van der Waals surface area (Å²) >= 11 is 0. The lowest BCUT2D eigenvalue weighted by Gasteiger charge is -2.25. The van der Waals surface area contributed by atoms with E-state index < -0.39 is 17.3 Å². The van der Waals surface area contributed by atoms with Crippen LogP contribution in [0.5, 0.6) is 0 Å². The molecule has 36 heavy (non-hydrogen) atoms. The van der Waals surface area contributed by atoms with Crippen LogP contribution in [-0.4, -0.2) is 36.4 Å². The number of nitrogens with one attached hydrogen (secondary N) is 1. The largest absolute Gasteiger partial charge is 0.417 e. The van der Waals surface area contributed by atoms with Crippen LogP contribution in [0.3, 0.4) is 0 Å². The van der Waals surface area contributed by atoms with Gasteiger partial charge in [-0.25, -0.2) is 4.98 Å². The predicted molar refractivity (Wildman–Crippen MR) is 136 cm³/mol. The van der Waals surface area contributed by atoms with Gasteiger partial charge in [0.05, 0.1) is 23.4 Å². The lowest BCUT2D eigenvalue weighted by atomic mass is 10.0. The number of aromatic nitrogens is 2. The molecule has 0 fully saturated rings. The highest BCUT2D eigenvalue weighted by atomic mass is 19.4. The molecule has 1 aromatic heterocycles. The van der Waals surface area contributed by atoms with Crippen LogP contribution in [0.2, 0.25) is 0 Å². The third-order valence-electron chi connectivity index (χ3n) is 6.60. The Morgan fingerprint density at radius 2 is 1.89 bits per heavy atom. The lowest BCUT2D eigenvalue weighted by Crippen LogP contribution is -2.32. The van der Waals surface area contributed by atoms with E-state index in [9.17, 15) is 18.0 Å². The summed E-state index contributed by atoms with van der Waals surface area (Å²) in [6.45, 7) is 5.98. The molecule has 0 spiro atoms. The first-order chi connectivity index (χ1) is 17.1. The molecule has 1 aliphatic carbocycles. The van der Waals surface area contributed by atoms with Gasteiger partial charge in [0.15, 0.2) is 0 Å². The Morgan fingerprint density at radius 1 is 1.17 bits per heavy atom. The van der Waals surface area contributed by atoms with E-state index in [1.165, 1.54) is 10.6 Å². The molecule has 9 heteroatoms. The van der Waals surface area contributed by atoms with Crippen LogP contribution in [-0.2, 0) is 23.9 Å². The molecule has 1 N–H and O–H groups in total. The molecule has 3 aromatic rings. The number of nitrogens with zero attached hydrogens (tertiary/aromatic N) is 3. The number of fused-ring (bicyclic) bond motifs is 1. The van der Waals surface area contributed by atoms with Gasteiger partial charge in [-0.2, -0.15) is 13.2 Å². The Labute approximate surface area is 208 Å². The SMILES string of the molecule is CCO[C@H]1Cc2ccccc2[C@H]1Nc1c(C)nc(-c2ccc(N(C)C)cc2C(F)(F)F)n(CC)c1=O. The molecular weight excluding hydrogens is 469 g/mol. The quantitative estimate of drug-likeness (QED) is 0.468. The number of alkyl halides is 3. The van der Waals surface area contributed by atoms with Crippen molar-refractivity contribution < 1.29 is 17.9 Å². The molecule has 2 aromatic carbocycles. The highest BCUT2D eigenvalue weighted by Gasteiger charge is 2.37. The van der Waals surface area contributed by atoms with Crippen LogP contribution in [0.25, 0.3) is 11.4 Å². The van der Waals surface area contributed by atoms with E-state index in [1.54, 1.807) is 38.9 Å². The van der Waals surface area contributed by atoms with Gasteiger partial charge in [0.25, 0.3) is 5.56 Å². The van der Waals surface area contributed by atoms with Gasteiger partial charge in [-0.3, -0.25) is 9.36 Å². The molecule has 2 atom stereocenters. The molecule has 0 amide bonds. The third kappa shape index (κ3) is 4.72. The van der Waals surface area contributed by atoms with Gasteiger partial charge in [0.1, 0.15) is 11.5 Å².